The number of allylic oxidation sites excluding steroid dienone is 2. The van der Waals surface area contributed by atoms with E-state index < -0.39 is 11.9 Å². The molecule has 2 aromatic carbocycles. The third-order valence-corrected chi connectivity index (χ3v) is 5.15. The van der Waals surface area contributed by atoms with Gasteiger partial charge in [-0.05, 0) is 67.5 Å². The third kappa shape index (κ3) is 4.62. The highest BCUT2D eigenvalue weighted by Gasteiger charge is 2.27. The average molecular weight is 432 g/mol. The maximum Gasteiger partial charge on any atom is 0.355 e. The minimum Gasteiger partial charge on any atom is -0.465 e. The van der Waals surface area contributed by atoms with E-state index in [-0.39, 0.29) is 17.2 Å². The van der Waals surface area contributed by atoms with Crippen LogP contribution < -0.4 is 10.2 Å². The van der Waals surface area contributed by atoms with Crippen molar-refractivity contribution in [2.24, 2.45) is 0 Å². The Morgan fingerprint density at radius 2 is 1.56 bits per heavy atom. The van der Waals surface area contributed by atoms with E-state index in [1.54, 1.807) is 42.6 Å². The first-order valence-corrected chi connectivity index (χ1v) is 9.90. The van der Waals surface area contributed by atoms with Crippen LogP contribution in [0.4, 0.5) is 11.4 Å². The molecule has 32 heavy (non-hydrogen) atoms. The second kappa shape index (κ2) is 9.78. The highest BCUT2D eigenvalue weighted by molar-refractivity contribution is 6.06. The molecule has 0 atom stereocenters. The molecule has 1 aliphatic heterocycles. The summed E-state index contributed by atoms with van der Waals surface area (Å²) in [6.45, 7) is 3.94. The number of nitrogens with one attached hydrogen (secondary N) is 1. The first kappa shape index (κ1) is 22.6. The molecule has 1 aliphatic rings. The average Bonchev–Trinajstić information content (AvgIpc) is 3.04. The van der Waals surface area contributed by atoms with Gasteiger partial charge in [0.05, 0.1) is 19.8 Å². The second-order valence-electron chi connectivity index (χ2n) is 7.06. The summed E-state index contributed by atoms with van der Waals surface area (Å²) in [6, 6.07) is 12.4. The van der Waals surface area contributed by atoms with E-state index in [1.807, 2.05) is 32.0 Å². The van der Waals surface area contributed by atoms with Gasteiger partial charge in [0.1, 0.15) is 5.70 Å². The number of anilines is 2. The summed E-state index contributed by atoms with van der Waals surface area (Å²) in [6.07, 6.45) is 6.42. The predicted octanol–water partition coefficient (Wildman–Crippen LogP) is 4.05. The van der Waals surface area contributed by atoms with Gasteiger partial charge in [-0.3, -0.25) is 4.79 Å². The molecule has 0 saturated carbocycles. The van der Waals surface area contributed by atoms with Crippen LogP contribution in [-0.2, 0) is 19.1 Å². The van der Waals surface area contributed by atoms with Crippen molar-refractivity contribution < 1.29 is 23.9 Å². The zero-order chi connectivity index (χ0) is 23.3. The number of hydrogen-bond acceptors (Lipinski definition) is 6. The van der Waals surface area contributed by atoms with Crippen molar-refractivity contribution in [1.82, 2.24) is 0 Å². The number of esters is 2. The molecule has 3 rings (SSSR count). The molecule has 1 N–H and O–H groups in total. The quantitative estimate of drug-likeness (QED) is 0.718. The predicted molar refractivity (Wildman–Crippen MR) is 122 cm³/mol. The van der Waals surface area contributed by atoms with Crippen LogP contribution >= 0.6 is 0 Å². The van der Waals surface area contributed by atoms with Crippen LogP contribution in [0.3, 0.4) is 0 Å². The van der Waals surface area contributed by atoms with E-state index in [0.29, 0.717) is 11.3 Å². The number of hydrogen-bond donors (Lipinski definition) is 1. The van der Waals surface area contributed by atoms with Gasteiger partial charge in [0.15, 0.2) is 0 Å². The maximum atomic E-state index is 12.7. The molecule has 0 bridgehead atoms. The summed E-state index contributed by atoms with van der Waals surface area (Å²) in [4.78, 5) is 39.0. The van der Waals surface area contributed by atoms with Crippen molar-refractivity contribution in [1.29, 1.82) is 0 Å². The Bertz CT molecular complexity index is 1140. The molecular weight excluding hydrogens is 408 g/mol. The van der Waals surface area contributed by atoms with Crippen molar-refractivity contribution in [3.05, 3.63) is 94.9 Å². The monoisotopic (exact) mass is 432 g/mol. The fourth-order valence-corrected chi connectivity index (χ4v) is 3.22. The van der Waals surface area contributed by atoms with Crippen molar-refractivity contribution in [3.8, 4) is 0 Å². The summed E-state index contributed by atoms with van der Waals surface area (Å²) >= 11 is 0. The number of amides is 1. The zero-order valence-electron chi connectivity index (χ0n) is 18.3. The lowest BCUT2D eigenvalue weighted by Gasteiger charge is -2.23. The van der Waals surface area contributed by atoms with E-state index in [0.717, 1.165) is 16.8 Å². The number of benzene rings is 2. The minimum absolute atomic E-state index is 0.0111. The highest BCUT2D eigenvalue weighted by Crippen LogP contribution is 2.27. The lowest BCUT2D eigenvalue weighted by Crippen LogP contribution is -2.27. The van der Waals surface area contributed by atoms with Gasteiger partial charge in [-0.25, -0.2) is 9.59 Å². The standard InChI is InChI=1S/C25H24N2O5/c1-16-8-7-10-21(17(16)2)26-23(28)18-11-13-19(14-12-18)27-15-6-5-9-20(24(29)31-3)22(27)25(30)32-4/h5-15H,1-4H3,(H,26,28). The highest BCUT2D eigenvalue weighted by atomic mass is 16.5. The molecule has 0 unspecified atom stereocenters. The molecule has 0 saturated heterocycles. The Morgan fingerprint density at radius 1 is 0.875 bits per heavy atom. The summed E-state index contributed by atoms with van der Waals surface area (Å²) in [5.74, 6) is -1.62. The normalized spacial score (nSPS) is 12.9. The molecule has 0 radical (unpaired) electrons. The van der Waals surface area contributed by atoms with Crippen LogP contribution in [-0.4, -0.2) is 32.1 Å². The first-order valence-electron chi connectivity index (χ1n) is 9.90. The van der Waals surface area contributed by atoms with Crippen molar-refractivity contribution >= 4 is 29.2 Å². The third-order valence-electron chi connectivity index (χ3n) is 5.15. The molecule has 2 aromatic rings. The Morgan fingerprint density at radius 3 is 2.22 bits per heavy atom. The van der Waals surface area contributed by atoms with Gasteiger partial charge >= 0.3 is 11.9 Å². The summed E-state index contributed by atoms with van der Waals surface area (Å²) in [5, 5.41) is 2.92. The van der Waals surface area contributed by atoms with Crippen LogP contribution in [0.5, 0.6) is 0 Å². The molecule has 164 valence electrons. The second-order valence-corrected chi connectivity index (χ2v) is 7.06. The summed E-state index contributed by atoms with van der Waals surface area (Å²) < 4.78 is 9.71. The van der Waals surface area contributed by atoms with E-state index in [2.05, 4.69) is 5.32 Å². The molecule has 1 amide bonds. The van der Waals surface area contributed by atoms with Gasteiger partial charge in [0, 0.05) is 23.1 Å². The van der Waals surface area contributed by atoms with E-state index in [4.69, 9.17) is 9.47 Å². The van der Waals surface area contributed by atoms with Crippen molar-refractivity contribution in [3.63, 3.8) is 0 Å². The maximum absolute atomic E-state index is 12.7. The van der Waals surface area contributed by atoms with Gasteiger partial charge < -0.3 is 19.7 Å². The fourth-order valence-electron chi connectivity index (χ4n) is 3.22. The molecule has 0 aliphatic carbocycles. The molecule has 0 spiro atoms. The molecular formula is C25H24N2O5. The largest absolute Gasteiger partial charge is 0.465 e. The molecule has 7 heteroatoms. The Labute approximate surface area is 186 Å². The number of carbonyl (C=O) groups is 3. The van der Waals surface area contributed by atoms with Crippen molar-refractivity contribution in [2.75, 3.05) is 24.4 Å². The van der Waals surface area contributed by atoms with E-state index in [9.17, 15) is 14.4 Å². The van der Waals surface area contributed by atoms with Crippen LogP contribution in [0, 0.1) is 13.8 Å². The fraction of sp³-hybridized carbons (Fsp3) is 0.160. The van der Waals surface area contributed by atoms with Crippen LogP contribution in [0.1, 0.15) is 21.5 Å². The lowest BCUT2D eigenvalue weighted by molar-refractivity contribution is -0.139. The van der Waals surface area contributed by atoms with Gasteiger partial charge in [-0.2, -0.15) is 0 Å². The molecule has 7 nitrogen and oxygen atoms in total. The number of ether oxygens (including phenoxy) is 2. The van der Waals surface area contributed by atoms with Crippen LogP contribution in [0.2, 0.25) is 0 Å². The molecule has 0 aromatic heterocycles. The summed E-state index contributed by atoms with van der Waals surface area (Å²) in [7, 11) is 2.48. The number of nitrogens with zero attached hydrogens (tertiary/aromatic N) is 1. The Balaban J connectivity index is 1.92. The zero-order valence-corrected chi connectivity index (χ0v) is 18.3. The van der Waals surface area contributed by atoms with Crippen molar-refractivity contribution in [2.45, 2.75) is 13.8 Å². The molecule has 1 heterocycles. The smallest absolute Gasteiger partial charge is 0.355 e. The number of methoxy groups -OCH3 is 2. The number of aryl methyl sites for hydroxylation is 1. The van der Waals surface area contributed by atoms with Gasteiger partial charge in [-0.1, -0.05) is 18.2 Å². The van der Waals surface area contributed by atoms with Crippen LogP contribution in [0.15, 0.2) is 78.2 Å². The SMILES string of the molecule is COC(=O)C1=C(C(=O)OC)N(c2ccc(C(=O)Nc3cccc(C)c3C)cc2)C=CC=C1. The summed E-state index contributed by atoms with van der Waals surface area (Å²) in [5.41, 5.74) is 3.92. The Hall–Kier alpha value is -4.13. The Kier molecular flexibility index (Phi) is 6.90. The van der Waals surface area contributed by atoms with Gasteiger partial charge in [0.25, 0.3) is 5.91 Å². The van der Waals surface area contributed by atoms with Gasteiger partial charge in [0.2, 0.25) is 0 Å². The topological polar surface area (TPSA) is 84.9 Å². The lowest BCUT2D eigenvalue weighted by atomic mass is 10.1. The van der Waals surface area contributed by atoms with E-state index >= 15 is 0 Å². The van der Waals surface area contributed by atoms with Gasteiger partial charge in [-0.15, -0.1) is 0 Å². The van der Waals surface area contributed by atoms with E-state index in [1.165, 1.54) is 25.2 Å². The number of rotatable bonds is 5. The molecule has 0 fully saturated rings. The number of carbonyl (C=O) groups excluding carboxylic acids is 3. The first-order chi connectivity index (χ1) is 15.4. The van der Waals surface area contributed by atoms with Crippen LogP contribution in [0.25, 0.3) is 0 Å². The minimum atomic E-state index is -0.696.